The molecule has 1 fully saturated rings. The van der Waals surface area contributed by atoms with Gasteiger partial charge in [0, 0.05) is 5.92 Å². The van der Waals surface area contributed by atoms with Crippen LogP contribution in [0.2, 0.25) is 0 Å². The molecule has 0 aliphatic carbocycles. The van der Waals surface area contributed by atoms with Crippen molar-refractivity contribution >= 4 is 0 Å². The normalized spacial score (nSPS) is 27.8. The molecule has 1 saturated heterocycles. The second-order valence-corrected chi connectivity index (χ2v) is 3.50. The van der Waals surface area contributed by atoms with Crippen molar-refractivity contribution in [3.8, 4) is 0 Å². The molecule has 1 aromatic carbocycles. The molecule has 0 unspecified atom stereocenters. The molecule has 2 nitrogen and oxygen atoms in total. The fraction of sp³-hybridized carbons (Fsp3) is 0.455. The number of hydrogen-bond acceptors (Lipinski definition) is 2. The molecular weight excluding hydrogens is 164 g/mol. The highest BCUT2D eigenvalue weighted by atomic mass is 16.6. The van der Waals surface area contributed by atoms with Crippen LogP contribution >= 0.6 is 0 Å². The number of benzene rings is 1. The van der Waals surface area contributed by atoms with Gasteiger partial charge in [0.25, 0.3) is 0 Å². The lowest BCUT2D eigenvalue weighted by atomic mass is 9.98. The predicted molar refractivity (Wildman–Crippen MR) is 50.2 cm³/mol. The van der Waals surface area contributed by atoms with Crippen molar-refractivity contribution in [1.82, 2.24) is 0 Å². The van der Waals surface area contributed by atoms with E-state index in [0.717, 1.165) is 12.8 Å². The molecule has 0 saturated carbocycles. The fourth-order valence-electron chi connectivity index (χ4n) is 1.74. The van der Waals surface area contributed by atoms with Gasteiger partial charge in [0.05, 0.1) is 6.61 Å². The lowest BCUT2D eigenvalue weighted by Crippen LogP contribution is -2.16. The molecule has 2 atom stereocenters. The molecule has 1 aromatic rings. The second kappa shape index (κ2) is 3.90. The maximum absolute atomic E-state index is 9.43. The molecule has 13 heavy (non-hydrogen) atoms. The van der Waals surface area contributed by atoms with E-state index < -0.39 is 6.29 Å². The molecule has 1 N–H and O–H groups in total. The largest absolute Gasteiger partial charge is 0.368 e. The van der Waals surface area contributed by atoms with E-state index in [-0.39, 0.29) is 5.92 Å². The van der Waals surface area contributed by atoms with Crippen molar-refractivity contribution in [3.05, 3.63) is 35.9 Å². The topological polar surface area (TPSA) is 29.5 Å². The third kappa shape index (κ3) is 2.08. The van der Waals surface area contributed by atoms with Gasteiger partial charge in [-0.05, 0) is 18.4 Å². The molecule has 0 aromatic heterocycles. The van der Waals surface area contributed by atoms with Gasteiger partial charge < -0.3 is 9.84 Å². The van der Waals surface area contributed by atoms with E-state index in [2.05, 4.69) is 12.1 Å². The average Bonchev–Trinajstić information content (AvgIpc) is 2.54. The predicted octanol–water partition coefficient (Wildman–Crippen LogP) is 1.58. The second-order valence-electron chi connectivity index (χ2n) is 3.50. The van der Waals surface area contributed by atoms with E-state index in [4.69, 9.17) is 4.74 Å². The monoisotopic (exact) mass is 178 g/mol. The maximum atomic E-state index is 9.43. The lowest BCUT2D eigenvalue weighted by molar-refractivity contribution is -0.0818. The first-order valence-corrected chi connectivity index (χ1v) is 4.70. The smallest absolute Gasteiger partial charge is 0.157 e. The van der Waals surface area contributed by atoms with Crippen LogP contribution in [0, 0.1) is 5.92 Å². The highest BCUT2D eigenvalue weighted by Crippen LogP contribution is 2.22. The van der Waals surface area contributed by atoms with E-state index in [9.17, 15) is 5.11 Å². The molecule has 0 bridgehead atoms. The molecule has 1 aliphatic rings. The first-order chi connectivity index (χ1) is 6.36. The van der Waals surface area contributed by atoms with Gasteiger partial charge in [-0.15, -0.1) is 0 Å². The van der Waals surface area contributed by atoms with Gasteiger partial charge >= 0.3 is 0 Å². The minimum atomic E-state index is -0.555. The van der Waals surface area contributed by atoms with Crippen LogP contribution in [0.4, 0.5) is 0 Å². The van der Waals surface area contributed by atoms with E-state index in [0.29, 0.717) is 6.61 Å². The minimum Gasteiger partial charge on any atom is -0.368 e. The third-order valence-electron chi connectivity index (χ3n) is 2.52. The summed E-state index contributed by atoms with van der Waals surface area (Å²) in [5.41, 5.74) is 1.28. The molecule has 1 heterocycles. The molecule has 0 spiro atoms. The Hall–Kier alpha value is -0.860. The lowest BCUT2D eigenvalue weighted by Gasteiger charge is -2.12. The molecule has 1 aliphatic heterocycles. The number of hydrogen-bond donors (Lipinski definition) is 1. The quantitative estimate of drug-likeness (QED) is 0.745. The van der Waals surface area contributed by atoms with Crippen molar-refractivity contribution in [1.29, 1.82) is 0 Å². The summed E-state index contributed by atoms with van der Waals surface area (Å²) in [4.78, 5) is 0. The zero-order chi connectivity index (χ0) is 9.10. The van der Waals surface area contributed by atoms with Crippen molar-refractivity contribution in [2.75, 3.05) is 6.61 Å². The Kier molecular flexibility index (Phi) is 2.62. The Morgan fingerprint density at radius 3 is 2.69 bits per heavy atom. The molecule has 2 heteroatoms. The first-order valence-electron chi connectivity index (χ1n) is 4.70. The van der Waals surface area contributed by atoms with Crippen molar-refractivity contribution < 1.29 is 9.84 Å². The van der Waals surface area contributed by atoms with E-state index >= 15 is 0 Å². The Morgan fingerprint density at radius 2 is 2.08 bits per heavy atom. The van der Waals surface area contributed by atoms with Gasteiger partial charge in [-0.25, -0.2) is 0 Å². The number of rotatable bonds is 2. The van der Waals surface area contributed by atoms with Crippen molar-refractivity contribution in [3.63, 3.8) is 0 Å². The summed E-state index contributed by atoms with van der Waals surface area (Å²) in [6.45, 7) is 0.693. The molecule has 2 rings (SSSR count). The molecular formula is C11H14O2. The standard InChI is InChI=1S/C11H14O2/c12-11-10(6-7-13-11)8-9-4-2-1-3-5-9/h1-5,10-12H,6-8H2/t10-,11-/m0/s1. The highest BCUT2D eigenvalue weighted by Gasteiger charge is 2.25. The zero-order valence-electron chi connectivity index (χ0n) is 7.52. The summed E-state index contributed by atoms with van der Waals surface area (Å²) in [5.74, 6) is 0.280. The van der Waals surface area contributed by atoms with E-state index in [1.54, 1.807) is 0 Å². The first kappa shape index (κ1) is 8.73. The molecule has 0 amide bonds. The fourth-order valence-corrected chi connectivity index (χ4v) is 1.74. The summed E-state index contributed by atoms with van der Waals surface area (Å²) >= 11 is 0. The number of aliphatic hydroxyl groups is 1. The van der Waals surface area contributed by atoms with Crippen LogP contribution in [0.5, 0.6) is 0 Å². The van der Waals surface area contributed by atoms with Gasteiger partial charge in [-0.3, -0.25) is 0 Å². The van der Waals surface area contributed by atoms with Gasteiger partial charge in [0.2, 0.25) is 0 Å². The van der Waals surface area contributed by atoms with E-state index in [1.165, 1.54) is 5.56 Å². The average molecular weight is 178 g/mol. The number of ether oxygens (including phenoxy) is 1. The van der Waals surface area contributed by atoms with Gasteiger partial charge in [0.1, 0.15) is 0 Å². The summed E-state index contributed by atoms with van der Waals surface area (Å²) < 4.78 is 5.09. The van der Waals surface area contributed by atoms with Gasteiger partial charge in [0.15, 0.2) is 6.29 Å². The van der Waals surface area contributed by atoms with Crippen LogP contribution in [0.25, 0.3) is 0 Å². The summed E-state index contributed by atoms with van der Waals surface area (Å²) in [5, 5.41) is 9.43. The molecule has 70 valence electrons. The van der Waals surface area contributed by atoms with Crippen LogP contribution in [-0.4, -0.2) is 18.0 Å². The Morgan fingerprint density at radius 1 is 1.31 bits per heavy atom. The summed E-state index contributed by atoms with van der Waals surface area (Å²) in [6, 6.07) is 10.2. The van der Waals surface area contributed by atoms with E-state index in [1.807, 2.05) is 18.2 Å². The number of aliphatic hydroxyl groups excluding tert-OH is 1. The summed E-state index contributed by atoms with van der Waals surface area (Å²) in [6.07, 6.45) is 1.33. The van der Waals surface area contributed by atoms with Gasteiger partial charge in [-0.2, -0.15) is 0 Å². The van der Waals surface area contributed by atoms with Crippen LogP contribution in [0.15, 0.2) is 30.3 Å². The van der Waals surface area contributed by atoms with Crippen LogP contribution in [0.1, 0.15) is 12.0 Å². The highest BCUT2D eigenvalue weighted by molar-refractivity contribution is 5.15. The zero-order valence-corrected chi connectivity index (χ0v) is 7.52. The Labute approximate surface area is 78.2 Å². The van der Waals surface area contributed by atoms with Crippen molar-refractivity contribution in [2.24, 2.45) is 5.92 Å². The van der Waals surface area contributed by atoms with Gasteiger partial charge in [-0.1, -0.05) is 30.3 Å². The van der Waals surface area contributed by atoms with Crippen LogP contribution in [0.3, 0.4) is 0 Å². The van der Waals surface area contributed by atoms with Crippen LogP contribution < -0.4 is 0 Å². The SMILES string of the molecule is O[C@H]1OCC[C@H]1Cc1ccccc1. The maximum Gasteiger partial charge on any atom is 0.157 e. The van der Waals surface area contributed by atoms with Crippen LogP contribution in [-0.2, 0) is 11.2 Å². The summed E-state index contributed by atoms with van der Waals surface area (Å²) in [7, 11) is 0. The third-order valence-corrected chi connectivity index (χ3v) is 2.52. The Balaban J connectivity index is 1.98. The minimum absolute atomic E-state index is 0.280. The van der Waals surface area contributed by atoms with Crippen molar-refractivity contribution in [2.45, 2.75) is 19.1 Å². The Bertz CT molecular complexity index is 258. The molecule has 0 radical (unpaired) electrons.